The SMILES string of the molecule is CC[C@H](C)n1c(SCC(=O)NCc2ccc(OC)cc2)nc2ccccc2c1=O. The fourth-order valence-electron chi connectivity index (χ4n) is 2.92. The average Bonchev–Trinajstić information content (AvgIpc) is 2.76. The van der Waals surface area contributed by atoms with Crippen molar-refractivity contribution in [1.29, 1.82) is 0 Å². The van der Waals surface area contributed by atoms with Crippen molar-refractivity contribution in [3.8, 4) is 5.75 Å². The third-order valence-electron chi connectivity index (χ3n) is 4.79. The van der Waals surface area contributed by atoms with Gasteiger partial charge in [0.25, 0.3) is 5.56 Å². The number of hydrogen-bond acceptors (Lipinski definition) is 5. The summed E-state index contributed by atoms with van der Waals surface area (Å²) in [6, 6.07) is 14.9. The highest BCUT2D eigenvalue weighted by atomic mass is 32.2. The van der Waals surface area contributed by atoms with Crippen LogP contribution in [0.15, 0.2) is 58.5 Å². The molecule has 0 unspecified atom stereocenters. The number of fused-ring (bicyclic) bond motifs is 1. The monoisotopic (exact) mass is 411 g/mol. The van der Waals surface area contributed by atoms with E-state index < -0.39 is 0 Å². The van der Waals surface area contributed by atoms with Gasteiger partial charge >= 0.3 is 0 Å². The van der Waals surface area contributed by atoms with E-state index in [1.54, 1.807) is 17.7 Å². The van der Waals surface area contributed by atoms with Gasteiger partial charge in [0.15, 0.2) is 5.16 Å². The van der Waals surface area contributed by atoms with Crippen LogP contribution >= 0.6 is 11.8 Å². The van der Waals surface area contributed by atoms with Crippen molar-refractivity contribution in [2.45, 2.75) is 38.0 Å². The number of nitrogens with one attached hydrogen (secondary N) is 1. The summed E-state index contributed by atoms with van der Waals surface area (Å²) in [7, 11) is 1.62. The van der Waals surface area contributed by atoms with E-state index in [1.165, 1.54) is 11.8 Å². The highest BCUT2D eigenvalue weighted by Crippen LogP contribution is 2.22. The molecule has 1 N–H and O–H groups in total. The van der Waals surface area contributed by atoms with Crippen LogP contribution < -0.4 is 15.6 Å². The second-order valence-electron chi connectivity index (χ2n) is 6.76. The van der Waals surface area contributed by atoms with Gasteiger partial charge in [-0.1, -0.05) is 43.0 Å². The number of methoxy groups -OCH3 is 1. The van der Waals surface area contributed by atoms with Crippen LogP contribution in [0.3, 0.4) is 0 Å². The number of nitrogens with zero attached hydrogens (tertiary/aromatic N) is 2. The minimum absolute atomic E-state index is 0.00414. The Balaban J connectivity index is 1.71. The average molecular weight is 412 g/mol. The van der Waals surface area contributed by atoms with Crippen LogP contribution in [0.2, 0.25) is 0 Å². The number of rotatable bonds is 8. The van der Waals surface area contributed by atoms with Gasteiger partial charge in [-0.15, -0.1) is 0 Å². The molecule has 0 fully saturated rings. The standard InChI is InChI=1S/C22H25N3O3S/c1-4-15(2)25-21(27)18-7-5-6-8-19(18)24-22(25)29-14-20(26)23-13-16-9-11-17(28-3)12-10-16/h5-12,15H,4,13-14H2,1-3H3,(H,23,26)/t15-/m0/s1. The van der Waals surface area contributed by atoms with Gasteiger partial charge < -0.3 is 10.1 Å². The van der Waals surface area contributed by atoms with Gasteiger partial charge in [0.2, 0.25) is 5.91 Å². The molecule has 29 heavy (non-hydrogen) atoms. The van der Waals surface area contributed by atoms with Gasteiger partial charge in [-0.05, 0) is 43.2 Å². The van der Waals surface area contributed by atoms with Crippen LogP contribution in [0.25, 0.3) is 10.9 Å². The maximum Gasteiger partial charge on any atom is 0.262 e. The Kier molecular flexibility index (Phi) is 6.93. The number of benzene rings is 2. The maximum atomic E-state index is 13.0. The van der Waals surface area contributed by atoms with E-state index in [2.05, 4.69) is 10.3 Å². The molecule has 0 saturated carbocycles. The third-order valence-corrected chi connectivity index (χ3v) is 5.74. The Morgan fingerprint density at radius 1 is 1.21 bits per heavy atom. The second-order valence-corrected chi connectivity index (χ2v) is 7.70. The summed E-state index contributed by atoms with van der Waals surface area (Å²) in [5.74, 6) is 0.863. The molecule has 6 nitrogen and oxygen atoms in total. The summed E-state index contributed by atoms with van der Waals surface area (Å²) in [6.45, 7) is 4.46. The predicted molar refractivity (Wildman–Crippen MR) is 117 cm³/mol. The molecule has 1 heterocycles. The highest BCUT2D eigenvalue weighted by Gasteiger charge is 2.16. The first-order valence-electron chi connectivity index (χ1n) is 9.57. The van der Waals surface area contributed by atoms with Crippen molar-refractivity contribution in [3.05, 3.63) is 64.4 Å². The maximum absolute atomic E-state index is 13.0. The zero-order valence-corrected chi connectivity index (χ0v) is 17.7. The fraction of sp³-hybridized carbons (Fsp3) is 0.318. The van der Waals surface area contributed by atoms with Crippen LogP contribution in [-0.2, 0) is 11.3 Å². The minimum Gasteiger partial charge on any atom is -0.497 e. The van der Waals surface area contributed by atoms with Gasteiger partial charge in [-0.2, -0.15) is 0 Å². The zero-order valence-electron chi connectivity index (χ0n) is 16.8. The summed E-state index contributed by atoms with van der Waals surface area (Å²) in [4.78, 5) is 29.9. The number of thioether (sulfide) groups is 1. The van der Waals surface area contributed by atoms with Crippen molar-refractivity contribution in [2.24, 2.45) is 0 Å². The van der Waals surface area contributed by atoms with Gasteiger partial charge in [0.05, 0.1) is 23.8 Å². The van der Waals surface area contributed by atoms with Gasteiger partial charge in [-0.3, -0.25) is 14.2 Å². The van der Waals surface area contributed by atoms with Crippen LogP contribution in [0.5, 0.6) is 5.75 Å². The van der Waals surface area contributed by atoms with Gasteiger partial charge in [-0.25, -0.2) is 4.98 Å². The van der Waals surface area contributed by atoms with E-state index in [4.69, 9.17) is 4.74 Å². The highest BCUT2D eigenvalue weighted by molar-refractivity contribution is 7.99. The van der Waals surface area contributed by atoms with Crippen LogP contribution in [0.4, 0.5) is 0 Å². The topological polar surface area (TPSA) is 73.2 Å². The number of carbonyl (C=O) groups is 1. The third kappa shape index (κ3) is 4.98. The Morgan fingerprint density at radius 3 is 2.62 bits per heavy atom. The lowest BCUT2D eigenvalue weighted by atomic mass is 10.2. The molecule has 1 amide bonds. The van der Waals surface area contributed by atoms with Gasteiger partial charge in [0, 0.05) is 12.6 Å². The zero-order chi connectivity index (χ0) is 20.8. The number of carbonyl (C=O) groups excluding carboxylic acids is 1. The molecule has 0 spiro atoms. The van der Waals surface area contributed by atoms with Crippen molar-refractivity contribution >= 4 is 28.6 Å². The second kappa shape index (κ2) is 9.60. The molecule has 1 aromatic heterocycles. The van der Waals surface area contributed by atoms with Crippen molar-refractivity contribution in [3.63, 3.8) is 0 Å². The molecular formula is C22H25N3O3S. The van der Waals surface area contributed by atoms with Crippen molar-refractivity contribution < 1.29 is 9.53 Å². The molecule has 0 aliphatic heterocycles. The minimum atomic E-state index is -0.107. The Bertz CT molecular complexity index is 1050. The number of para-hydroxylation sites is 1. The molecule has 0 bridgehead atoms. The number of amides is 1. The quantitative estimate of drug-likeness (QED) is 0.451. The molecule has 3 rings (SSSR count). The smallest absolute Gasteiger partial charge is 0.262 e. The molecular weight excluding hydrogens is 386 g/mol. The Labute approximate surface area is 174 Å². The lowest BCUT2D eigenvalue weighted by Gasteiger charge is -2.18. The van der Waals surface area contributed by atoms with Crippen LogP contribution in [0.1, 0.15) is 31.9 Å². The first-order chi connectivity index (χ1) is 14.0. The number of aromatic nitrogens is 2. The van der Waals surface area contributed by atoms with Crippen molar-refractivity contribution in [1.82, 2.24) is 14.9 Å². The largest absolute Gasteiger partial charge is 0.497 e. The van der Waals surface area contributed by atoms with E-state index in [-0.39, 0.29) is 23.3 Å². The van der Waals surface area contributed by atoms with E-state index in [0.717, 1.165) is 17.7 Å². The first-order valence-corrected chi connectivity index (χ1v) is 10.6. The molecule has 152 valence electrons. The molecule has 0 aliphatic rings. The van der Waals surface area contributed by atoms with E-state index in [0.29, 0.717) is 22.6 Å². The van der Waals surface area contributed by atoms with E-state index in [1.807, 2.05) is 56.3 Å². The van der Waals surface area contributed by atoms with E-state index in [9.17, 15) is 9.59 Å². The van der Waals surface area contributed by atoms with Crippen LogP contribution in [0, 0.1) is 0 Å². The molecule has 0 saturated heterocycles. The van der Waals surface area contributed by atoms with Gasteiger partial charge in [0.1, 0.15) is 5.75 Å². The Morgan fingerprint density at radius 2 is 1.93 bits per heavy atom. The Hall–Kier alpha value is -2.80. The molecule has 2 aromatic carbocycles. The first kappa shape index (κ1) is 20.9. The molecule has 0 aliphatic carbocycles. The summed E-state index contributed by atoms with van der Waals surface area (Å²) >= 11 is 1.29. The van der Waals surface area contributed by atoms with E-state index >= 15 is 0 Å². The fourth-order valence-corrected chi connectivity index (χ4v) is 3.85. The number of ether oxygens (including phenoxy) is 1. The molecule has 0 radical (unpaired) electrons. The summed E-state index contributed by atoms with van der Waals surface area (Å²) in [6.07, 6.45) is 0.803. The molecule has 3 aromatic rings. The number of hydrogen-bond donors (Lipinski definition) is 1. The predicted octanol–water partition coefficient (Wildman–Crippen LogP) is 3.78. The summed E-state index contributed by atoms with van der Waals surface area (Å²) in [5, 5.41) is 4.08. The summed E-state index contributed by atoms with van der Waals surface area (Å²) in [5.41, 5.74) is 1.58. The van der Waals surface area contributed by atoms with Crippen molar-refractivity contribution in [2.75, 3.05) is 12.9 Å². The summed E-state index contributed by atoms with van der Waals surface area (Å²) < 4.78 is 6.83. The normalized spacial score (nSPS) is 12.0. The molecule has 1 atom stereocenters. The lowest BCUT2D eigenvalue weighted by Crippen LogP contribution is -2.28. The molecule has 7 heteroatoms. The van der Waals surface area contributed by atoms with Crippen LogP contribution in [-0.4, -0.2) is 28.3 Å². The lowest BCUT2D eigenvalue weighted by molar-refractivity contribution is -0.118.